The Kier molecular flexibility index (Phi) is 14.7. The van der Waals surface area contributed by atoms with E-state index in [1.807, 2.05) is 12.1 Å². The molecule has 0 radical (unpaired) electrons. The highest BCUT2D eigenvalue weighted by Gasteiger charge is 2.59. The molecule has 2 aliphatic heterocycles. The van der Waals surface area contributed by atoms with Crippen LogP contribution in [0.2, 0.25) is 0 Å². The average Bonchev–Trinajstić information content (AvgIpc) is 2.26. The lowest BCUT2D eigenvalue weighted by Gasteiger charge is -2.58. The van der Waals surface area contributed by atoms with Crippen LogP contribution in [0.4, 0.5) is 0 Å². The number of rotatable bonds is 13. The highest BCUT2D eigenvalue weighted by Crippen LogP contribution is 2.67. The second kappa shape index (κ2) is 22.2. The van der Waals surface area contributed by atoms with Crippen molar-refractivity contribution in [2.45, 2.75) is 132 Å². The van der Waals surface area contributed by atoms with Gasteiger partial charge in [0, 0.05) is 50.7 Å². The number of aromatic nitrogens is 4. The van der Waals surface area contributed by atoms with Gasteiger partial charge in [0.25, 0.3) is 0 Å². The van der Waals surface area contributed by atoms with Gasteiger partial charge in [0.15, 0.2) is 6.61 Å². The van der Waals surface area contributed by atoms with E-state index in [9.17, 15) is 4.79 Å². The van der Waals surface area contributed by atoms with Gasteiger partial charge in [-0.25, -0.2) is 14.8 Å². The van der Waals surface area contributed by atoms with Crippen molar-refractivity contribution in [3.05, 3.63) is 172 Å². The molecule has 2 N–H and O–H groups in total. The summed E-state index contributed by atoms with van der Waals surface area (Å²) in [6.07, 6.45) is 24.7. The lowest BCUT2D eigenvalue weighted by atomic mass is 9.47. The van der Waals surface area contributed by atoms with E-state index in [0.717, 1.165) is 144 Å². The number of H-pyrrole nitrogens is 2. The van der Waals surface area contributed by atoms with Crippen molar-refractivity contribution < 1.29 is 14.3 Å². The minimum Gasteiger partial charge on any atom is -0.482 e. The van der Waals surface area contributed by atoms with E-state index in [1.165, 1.54) is 73.6 Å². The van der Waals surface area contributed by atoms with E-state index < -0.39 is 0 Å². The number of carbonyl (C=O) groups excluding carboxylic acids is 1. The van der Waals surface area contributed by atoms with Gasteiger partial charge in [-0.1, -0.05) is 167 Å². The van der Waals surface area contributed by atoms with E-state index in [4.69, 9.17) is 19.4 Å². The Morgan fingerprint density at radius 2 is 1.04 bits per heavy atom. The van der Waals surface area contributed by atoms with Crippen LogP contribution in [0.25, 0.3) is 90.9 Å². The van der Waals surface area contributed by atoms with Crippen LogP contribution < -0.4 is 4.74 Å². The van der Waals surface area contributed by atoms with Crippen LogP contribution in [0.1, 0.15) is 145 Å². The molecule has 3 aromatic heterocycles. The number of carbonyl (C=O) groups is 1. The lowest BCUT2D eigenvalue weighted by Crippen LogP contribution is -2.51. The average molecular weight is 1100 g/mol. The number of allylic oxidation sites excluding steroid dienone is 1. The molecule has 83 heavy (non-hydrogen) atoms. The van der Waals surface area contributed by atoms with Crippen LogP contribution in [0.15, 0.2) is 133 Å². The minimum atomic E-state index is -0.310. The predicted octanol–water partition coefficient (Wildman–Crippen LogP) is 19.6. The fourth-order valence-electron chi connectivity index (χ4n) is 16.4. The number of esters is 1. The molecule has 7 aromatic rings. The zero-order valence-electron chi connectivity index (χ0n) is 50.1. The number of fused-ring (bicyclic) bond motifs is 13. The van der Waals surface area contributed by atoms with E-state index in [0.29, 0.717) is 11.2 Å². The summed E-state index contributed by atoms with van der Waals surface area (Å²) in [7, 11) is 0. The third-order valence-electron chi connectivity index (χ3n) is 20.8. The molecule has 424 valence electrons. The highest BCUT2D eigenvalue weighted by molar-refractivity contribution is 6.00. The van der Waals surface area contributed by atoms with Crippen LogP contribution in [0.3, 0.4) is 0 Å². The zero-order valence-corrected chi connectivity index (χ0v) is 50.1. The fourth-order valence-corrected chi connectivity index (χ4v) is 16.4. The Balaban J connectivity index is 0.791. The van der Waals surface area contributed by atoms with Crippen molar-refractivity contribution in [1.82, 2.24) is 19.9 Å². The maximum absolute atomic E-state index is 13.7. The molecule has 13 rings (SSSR count). The molecular weight excluding hydrogens is 1020 g/mol. The van der Waals surface area contributed by atoms with Gasteiger partial charge in [-0.2, -0.15) is 0 Å². The summed E-state index contributed by atoms with van der Waals surface area (Å²) in [5.74, 6) is 5.11. The molecule has 4 aliphatic carbocycles. The number of benzene rings is 4. The van der Waals surface area contributed by atoms with Crippen molar-refractivity contribution in [3.8, 4) is 50.3 Å². The molecule has 6 aliphatic rings. The summed E-state index contributed by atoms with van der Waals surface area (Å²) in [4.78, 5) is 32.4. The van der Waals surface area contributed by atoms with Crippen molar-refractivity contribution in [2.24, 2.45) is 46.3 Å². The Labute approximate surface area is 491 Å². The molecule has 8 atom stereocenters. The Bertz CT molecular complexity index is 3810. The van der Waals surface area contributed by atoms with Crippen molar-refractivity contribution >= 4 is 52.3 Å². The molecule has 3 fully saturated rings. The van der Waals surface area contributed by atoms with Crippen molar-refractivity contribution in [3.63, 3.8) is 0 Å². The summed E-state index contributed by atoms with van der Waals surface area (Å²) < 4.78 is 12.5. The van der Waals surface area contributed by atoms with E-state index in [1.54, 1.807) is 0 Å². The van der Waals surface area contributed by atoms with E-state index >= 15 is 0 Å². The van der Waals surface area contributed by atoms with Gasteiger partial charge in [0.05, 0.1) is 22.8 Å². The molecule has 0 unspecified atom stereocenters. The molecule has 0 spiro atoms. The highest BCUT2D eigenvalue weighted by atomic mass is 16.6. The number of hydrogen-bond donors (Lipinski definition) is 2. The van der Waals surface area contributed by atoms with Gasteiger partial charge in [-0.15, -0.1) is 0 Å². The number of hydrogen-bond acceptors (Lipinski definition) is 5. The fraction of sp³-hybridized carbons (Fsp3) is 0.382. The smallest absolute Gasteiger partial charge is 0.344 e. The summed E-state index contributed by atoms with van der Waals surface area (Å²) >= 11 is 0. The van der Waals surface area contributed by atoms with Crippen LogP contribution >= 0.6 is 0 Å². The van der Waals surface area contributed by atoms with E-state index in [-0.39, 0.29) is 24.1 Å². The van der Waals surface area contributed by atoms with Gasteiger partial charge < -0.3 is 19.4 Å². The second-order valence-corrected chi connectivity index (χ2v) is 26.6. The maximum Gasteiger partial charge on any atom is 0.344 e. The monoisotopic (exact) mass is 1100 g/mol. The first-order valence-corrected chi connectivity index (χ1v) is 31.2. The summed E-state index contributed by atoms with van der Waals surface area (Å²) in [5.41, 5.74) is 21.1. The SMILES string of the molecule is Cc1ccc(-c2c3nc(c(-c4ccc(C)cc4)c4ccc([nH]4)c(-c4ccc(OCC(=O)O[C@@H]5CC[C@@]6(C)C(=CC[C@H]7[C@@H]8CC[C@H]([C@H](C)CCCC(C)C)[C@@]8(C)CC[C@@H]76)C5)cc4)c4nc(c(-c5ccc(C)cc5)c5ccc2[nH]5)C=C4)C=C3)cc1. The first kappa shape index (κ1) is 54.7. The van der Waals surface area contributed by atoms with Crippen molar-refractivity contribution in [2.75, 3.05) is 6.61 Å². The van der Waals surface area contributed by atoms with Gasteiger partial charge in [-0.05, 0) is 195 Å². The van der Waals surface area contributed by atoms with Crippen LogP contribution in [-0.2, 0) is 9.53 Å². The molecular formula is C76H82N4O3. The van der Waals surface area contributed by atoms with E-state index in [2.05, 4.69) is 205 Å². The number of nitrogens with one attached hydrogen (secondary N) is 2. The lowest BCUT2D eigenvalue weighted by molar-refractivity contribution is -0.153. The molecule has 8 bridgehead atoms. The Morgan fingerprint density at radius 3 is 1.51 bits per heavy atom. The Morgan fingerprint density at radius 1 is 0.566 bits per heavy atom. The normalized spacial score (nSPS) is 23.8. The molecule has 7 heteroatoms. The number of aryl methyl sites for hydroxylation is 3. The largest absolute Gasteiger partial charge is 0.482 e. The van der Waals surface area contributed by atoms with Gasteiger partial charge in [-0.3, -0.25) is 0 Å². The molecule has 5 heterocycles. The van der Waals surface area contributed by atoms with Crippen molar-refractivity contribution in [1.29, 1.82) is 0 Å². The topological polar surface area (TPSA) is 92.9 Å². The quantitative estimate of drug-likeness (QED) is 0.0886. The molecule has 0 amide bonds. The van der Waals surface area contributed by atoms with Crippen LogP contribution in [-0.4, -0.2) is 38.6 Å². The van der Waals surface area contributed by atoms with Gasteiger partial charge in [0.1, 0.15) is 11.9 Å². The van der Waals surface area contributed by atoms with Crippen LogP contribution in [0.5, 0.6) is 5.75 Å². The third-order valence-corrected chi connectivity index (χ3v) is 20.8. The summed E-state index contributed by atoms with van der Waals surface area (Å²) in [5, 5.41) is 0. The molecule has 3 saturated carbocycles. The predicted molar refractivity (Wildman–Crippen MR) is 343 cm³/mol. The second-order valence-electron chi connectivity index (χ2n) is 26.6. The molecule has 7 nitrogen and oxygen atoms in total. The van der Waals surface area contributed by atoms with Crippen LogP contribution in [0, 0.1) is 67.1 Å². The van der Waals surface area contributed by atoms with Gasteiger partial charge >= 0.3 is 5.97 Å². The minimum absolute atomic E-state index is 0.119. The first-order chi connectivity index (χ1) is 40.2. The number of aromatic amines is 2. The molecule has 0 saturated heterocycles. The first-order valence-electron chi connectivity index (χ1n) is 31.2. The summed E-state index contributed by atoms with van der Waals surface area (Å²) in [6.45, 7) is 18.8. The van der Waals surface area contributed by atoms with Gasteiger partial charge in [0.2, 0.25) is 0 Å². The Hall–Kier alpha value is -7.51. The summed E-state index contributed by atoms with van der Waals surface area (Å²) in [6, 6.07) is 42.8. The third kappa shape index (κ3) is 10.5. The maximum atomic E-state index is 13.7. The zero-order chi connectivity index (χ0) is 57.1. The standard InChI is InChI=1S/C76H82N4O3/c1-46(2)10-9-11-50(6)59-30-31-60-58-29-26-55-44-57(40-42-75(55,7)61(58)41-43-76(59,60)8)83-70(81)45-82-56-27-24-54(25-28-56)74-68-38-36-66(79-68)72(52-20-14-48(4)15-21-52)64-34-32-62(77-64)71(51-18-12-47(3)13-19-51)63-33-35-65(78-63)73(67-37-39-69(74)80-67)53-22-16-49(5)17-23-53/h12-28,32-39,46,50,57-61,77,80H,9-11,29-31,40-45H2,1-8H3/t50-,57-,58+,59-,60+,61+,75+,76-/m1/s1. The number of nitrogens with zero attached hydrogens (tertiary/aromatic N) is 2. The molecule has 4 aromatic carbocycles. The number of ether oxygens (including phenoxy) is 2.